The minimum absolute atomic E-state index is 0.0102. The first-order chi connectivity index (χ1) is 8.62. The van der Waals surface area contributed by atoms with Crippen LogP contribution in [-0.4, -0.2) is 32.8 Å². The third-order valence-corrected chi connectivity index (χ3v) is 2.70. The van der Waals surface area contributed by atoms with Crippen LogP contribution >= 0.6 is 0 Å². The van der Waals surface area contributed by atoms with E-state index in [1.807, 2.05) is 6.92 Å². The molecule has 0 aliphatic carbocycles. The molecule has 3 N–H and O–H groups in total. The van der Waals surface area contributed by atoms with E-state index in [1.165, 1.54) is 0 Å². The van der Waals surface area contributed by atoms with E-state index < -0.39 is 0 Å². The molecule has 1 amide bonds. The predicted octanol–water partition coefficient (Wildman–Crippen LogP) is 1.43. The second-order valence-electron chi connectivity index (χ2n) is 3.99. The highest BCUT2D eigenvalue weighted by Crippen LogP contribution is 2.19. The molecule has 0 fully saturated rings. The predicted molar refractivity (Wildman–Crippen MR) is 70.8 cm³/mol. The minimum Gasteiger partial charge on any atom is -0.497 e. The number of amides is 1. The first kappa shape index (κ1) is 14.3. The summed E-state index contributed by atoms with van der Waals surface area (Å²) >= 11 is 0. The molecule has 100 valence electrons. The summed E-state index contributed by atoms with van der Waals surface area (Å²) in [4.78, 5) is 12.0. The van der Waals surface area contributed by atoms with E-state index in [-0.39, 0.29) is 11.9 Å². The quantitative estimate of drug-likeness (QED) is 0.751. The van der Waals surface area contributed by atoms with E-state index in [4.69, 9.17) is 15.2 Å². The summed E-state index contributed by atoms with van der Waals surface area (Å²) in [6, 6.07) is 4.99. The molecule has 0 heterocycles. The van der Waals surface area contributed by atoms with Crippen LogP contribution in [0.1, 0.15) is 23.7 Å². The molecule has 5 nitrogen and oxygen atoms in total. The number of rotatable bonds is 6. The fourth-order valence-corrected chi connectivity index (χ4v) is 1.60. The zero-order chi connectivity index (χ0) is 13.5. The lowest BCUT2D eigenvalue weighted by atomic mass is 10.1. The molecule has 0 aromatic heterocycles. The molecule has 0 spiro atoms. The van der Waals surface area contributed by atoms with E-state index >= 15 is 0 Å². The maximum absolute atomic E-state index is 12.0. The van der Waals surface area contributed by atoms with Crippen LogP contribution in [0.15, 0.2) is 18.2 Å². The summed E-state index contributed by atoms with van der Waals surface area (Å²) < 4.78 is 10.1. The third-order valence-electron chi connectivity index (χ3n) is 2.70. The van der Waals surface area contributed by atoms with Crippen LogP contribution in [0, 0.1) is 0 Å². The summed E-state index contributed by atoms with van der Waals surface area (Å²) in [6.07, 6.45) is 0.801. The number of hydrogen-bond acceptors (Lipinski definition) is 4. The van der Waals surface area contributed by atoms with E-state index in [9.17, 15) is 4.79 Å². The Morgan fingerprint density at radius 2 is 2.17 bits per heavy atom. The molecule has 1 rings (SSSR count). The summed E-state index contributed by atoms with van der Waals surface area (Å²) in [6.45, 7) is 2.47. The number of nitrogen functional groups attached to an aromatic ring is 1. The molecule has 0 radical (unpaired) electrons. The van der Waals surface area contributed by atoms with Crippen molar-refractivity contribution in [3.8, 4) is 5.75 Å². The Kier molecular flexibility index (Phi) is 5.45. The van der Waals surface area contributed by atoms with Crippen molar-refractivity contribution >= 4 is 11.6 Å². The van der Waals surface area contributed by atoms with Gasteiger partial charge in [0, 0.05) is 18.9 Å². The Balaban J connectivity index is 2.77. The van der Waals surface area contributed by atoms with Gasteiger partial charge in [0.15, 0.2) is 0 Å². The van der Waals surface area contributed by atoms with Crippen LogP contribution in [0.3, 0.4) is 0 Å². The number of carbonyl (C=O) groups excluding carboxylic acids is 1. The smallest absolute Gasteiger partial charge is 0.253 e. The molecule has 1 aromatic rings. The lowest BCUT2D eigenvalue weighted by molar-refractivity contribution is 0.0895. The zero-order valence-electron chi connectivity index (χ0n) is 11.0. The fraction of sp³-hybridized carbons (Fsp3) is 0.462. The van der Waals surface area contributed by atoms with E-state index in [0.29, 0.717) is 23.6 Å². The van der Waals surface area contributed by atoms with Crippen molar-refractivity contribution in [3.05, 3.63) is 23.8 Å². The lowest BCUT2D eigenvalue weighted by Crippen LogP contribution is -2.37. The Morgan fingerprint density at radius 3 is 2.67 bits per heavy atom. The first-order valence-electron chi connectivity index (χ1n) is 5.85. The molecular formula is C13H20N2O3. The van der Waals surface area contributed by atoms with Crippen molar-refractivity contribution in [1.29, 1.82) is 0 Å². The second kappa shape index (κ2) is 6.86. The van der Waals surface area contributed by atoms with Crippen LogP contribution in [0.5, 0.6) is 5.75 Å². The number of nitrogens with two attached hydrogens (primary N) is 1. The van der Waals surface area contributed by atoms with Gasteiger partial charge in [-0.2, -0.15) is 0 Å². The number of methoxy groups -OCH3 is 2. The summed E-state index contributed by atoms with van der Waals surface area (Å²) in [5, 5.41) is 2.88. The van der Waals surface area contributed by atoms with E-state index in [2.05, 4.69) is 5.32 Å². The van der Waals surface area contributed by atoms with Gasteiger partial charge in [-0.25, -0.2) is 0 Å². The highest BCUT2D eigenvalue weighted by atomic mass is 16.5. The SMILES string of the molecule is CCC(COC)NC(=O)c1ccc(OC)cc1N. The van der Waals surface area contributed by atoms with Crippen LogP contribution in [-0.2, 0) is 4.74 Å². The maximum atomic E-state index is 12.0. The number of anilines is 1. The van der Waals surface area contributed by atoms with E-state index in [1.54, 1.807) is 32.4 Å². The highest BCUT2D eigenvalue weighted by Gasteiger charge is 2.14. The van der Waals surface area contributed by atoms with E-state index in [0.717, 1.165) is 6.42 Å². The Bertz CT molecular complexity index is 407. The van der Waals surface area contributed by atoms with Crippen molar-refractivity contribution in [3.63, 3.8) is 0 Å². The van der Waals surface area contributed by atoms with Gasteiger partial charge in [0.25, 0.3) is 5.91 Å². The van der Waals surface area contributed by atoms with Crippen molar-refractivity contribution in [2.75, 3.05) is 26.6 Å². The minimum atomic E-state index is -0.195. The molecule has 1 atom stereocenters. The summed E-state index contributed by atoms with van der Waals surface area (Å²) in [5.74, 6) is 0.437. The van der Waals surface area contributed by atoms with Gasteiger partial charge in [-0.3, -0.25) is 4.79 Å². The summed E-state index contributed by atoms with van der Waals surface area (Å²) in [7, 11) is 3.16. The Labute approximate surface area is 107 Å². The molecule has 1 aromatic carbocycles. The number of hydrogen-bond donors (Lipinski definition) is 2. The Morgan fingerprint density at radius 1 is 1.44 bits per heavy atom. The molecule has 0 bridgehead atoms. The molecule has 18 heavy (non-hydrogen) atoms. The normalized spacial score (nSPS) is 11.9. The molecular weight excluding hydrogens is 232 g/mol. The van der Waals surface area contributed by atoms with Crippen LogP contribution < -0.4 is 15.8 Å². The average Bonchev–Trinajstić information content (AvgIpc) is 2.37. The average molecular weight is 252 g/mol. The van der Waals surface area contributed by atoms with Crippen molar-refractivity contribution in [1.82, 2.24) is 5.32 Å². The number of ether oxygens (including phenoxy) is 2. The van der Waals surface area contributed by atoms with Crippen LogP contribution in [0.25, 0.3) is 0 Å². The summed E-state index contributed by atoms with van der Waals surface area (Å²) in [5.41, 5.74) is 6.67. The van der Waals surface area contributed by atoms with Gasteiger partial charge >= 0.3 is 0 Å². The molecule has 1 unspecified atom stereocenters. The second-order valence-corrected chi connectivity index (χ2v) is 3.99. The standard InChI is InChI=1S/C13H20N2O3/c1-4-9(8-17-2)15-13(16)11-6-5-10(18-3)7-12(11)14/h5-7,9H,4,8,14H2,1-3H3,(H,15,16). The van der Waals surface area contributed by atoms with Crippen molar-refractivity contribution in [2.45, 2.75) is 19.4 Å². The third kappa shape index (κ3) is 3.63. The lowest BCUT2D eigenvalue weighted by Gasteiger charge is -2.16. The van der Waals surface area contributed by atoms with Gasteiger partial charge < -0.3 is 20.5 Å². The molecule has 0 saturated carbocycles. The molecule has 0 aliphatic rings. The number of benzene rings is 1. The van der Waals surface area contributed by atoms with Crippen molar-refractivity contribution < 1.29 is 14.3 Å². The maximum Gasteiger partial charge on any atom is 0.253 e. The largest absolute Gasteiger partial charge is 0.497 e. The zero-order valence-corrected chi connectivity index (χ0v) is 11.0. The molecule has 5 heteroatoms. The van der Waals surface area contributed by atoms with Crippen molar-refractivity contribution in [2.24, 2.45) is 0 Å². The van der Waals surface area contributed by atoms with Crippen LogP contribution in [0.4, 0.5) is 5.69 Å². The van der Waals surface area contributed by atoms with Gasteiger partial charge in [0.1, 0.15) is 5.75 Å². The van der Waals surface area contributed by atoms with Crippen LogP contribution in [0.2, 0.25) is 0 Å². The van der Waals surface area contributed by atoms with Gasteiger partial charge in [-0.1, -0.05) is 6.92 Å². The van der Waals surface area contributed by atoms with Gasteiger partial charge in [0.05, 0.1) is 25.3 Å². The number of carbonyl (C=O) groups is 1. The van der Waals surface area contributed by atoms with Gasteiger partial charge in [0.2, 0.25) is 0 Å². The fourth-order valence-electron chi connectivity index (χ4n) is 1.60. The number of nitrogens with one attached hydrogen (secondary N) is 1. The molecule has 0 aliphatic heterocycles. The highest BCUT2D eigenvalue weighted by molar-refractivity contribution is 5.99. The molecule has 0 saturated heterocycles. The topological polar surface area (TPSA) is 73.6 Å². The van der Waals surface area contributed by atoms with Gasteiger partial charge in [-0.15, -0.1) is 0 Å². The Hall–Kier alpha value is -1.75. The monoisotopic (exact) mass is 252 g/mol. The first-order valence-corrected chi connectivity index (χ1v) is 5.85. The van der Waals surface area contributed by atoms with Gasteiger partial charge in [-0.05, 0) is 18.6 Å².